The largest absolute Gasteiger partial charge is 0.457 e. The van der Waals surface area contributed by atoms with Crippen LogP contribution in [0.5, 0.6) is 11.5 Å². The molecule has 7 rings (SSSR count). The number of fused-ring (bicyclic) bond motifs is 3. The van der Waals surface area contributed by atoms with Crippen LogP contribution in [0.4, 0.5) is 11.5 Å². The van der Waals surface area contributed by atoms with Crippen LogP contribution in [0, 0.1) is 17.8 Å². The van der Waals surface area contributed by atoms with Crippen molar-refractivity contribution >= 4 is 22.4 Å². The Bertz CT molecular complexity index is 1620. The Morgan fingerprint density at radius 2 is 1.54 bits per heavy atom. The van der Waals surface area contributed by atoms with Crippen molar-refractivity contribution in [3.8, 4) is 22.6 Å². The molecule has 41 heavy (non-hydrogen) atoms. The fourth-order valence-electron chi connectivity index (χ4n) is 6.75. The lowest BCUT2D eigenvalue weighted by Crippen LogP contribution is -2.41. The van der Waals surface area contributed by atoms with E-state index in [0.717, 1.165) is 57.5 Å². The SMILES string of the molecule is OCC1C2CCC(C2)C1NCc1ccc(-c2ccc3ncnc(Nc4ccc(Oc5ccccc5)cc4)c3c2)cc1. The maximum absolute atomic E-state index is 9.90. The number of para-hydroxylation sites is 1. The summed E-state index contributed by atoms with van der Waals surface area (Å²) in [7, 11) is 0. The molecule has 0 spiro atoms. The summed E-state index contributed by atoms with van der Waals surface area (Å²) >= 11 is 0. The van der Waals surface area contributed by atoms with Crippen LogP contribution in [0.1, 0.15) is 24.8 Å². The first-order valence-corrected chi connectivity index (χ1v) is 14.5. The Kier molecular flexibility index (Phi) is 7.09. The zero-order valence-corrected chi connectivity index (χ0v) is 22.9. The molecule has 0 saturated heterocycles. The maximum Gasteiger partial charge on any atom is 0.141 e. The summed E-state index contributed by atoms with van der Waals surface area (Å²) in [6, 6.07) is 33.2. The van der Waals surface area contributed by atoms with Gasteiger partial charge in [-0.25, -0.2) is 9.97 Å². The third-order valence-corrected chi connectivity index (χ3v) is 8.86. The smallest absolute Gasteiger partial charge is 0.141 e. The highest BCUT2D eigenvalue weighted by atomic mass is 16.5. The van der Waals surface area contributed by atoms with E-state index < -0.39 is 0 Å². The fraction of sp³-hybridized carbons (Fsp3) is 0.257. The topological polar surface area (TPSA) is 79.3 Å². The van der Waals surface area contributed by atoms with Crippen molar-refractivity contribution in [3.05, 3.63) is 109 Å². The van der Waals surface area contributed by atoms with Gasteiger partial charge in [0.15, 0.2) is 0 Å². The lowest BCUT2D eigenvalue weighted by Gasteiger charge is -2.30. The molecule has 1 aromatic heterocycles. The minimum absolute atomic E-state index is 0.300. The van der Waals surface area contributed by atoms with E-state index in [9.17, 15) is 5.11 Å². The number of aromatic nitrogens is 2. The number of aliphatic hydroxyl groups is 1. The Labute approximate surface area is 240 Å². The molecule has 2 aliphatic rings. The molecule has 6 heteroatoms. The van der Waals surface area contributed by atoms with Crippen molar-refractivity contribution in [2.24, 2.45) is 17.8 Å². The molecule has 2 fully saturated rings. The lowest BCUT2D eigenvalue weighted by molar-refractivity contribution is 0.142. The monoisotopic (exact) mass is 542 g/mol. The molecule has 0 radical (unpaired) electrons. The number of hydrogen-bond acceptors (Lipinski definition) is 6. The molecular formula is C35H34N4O2. The van der Waals surface area contributed by atoms with Crippen molar-refractivity contribution in [2.45, 2.75) is 31.8 Å². The molecule has 2 aliphatic carbocycles. The van der Waals surface area contributed by atoms with Crippen molar-refractivity contribution in [3.63, 3.8) is 0 Å². The number of anilines is 2. The molecule has 1 heterocycles. The number of nitrogens with zero attached hydrogens (tertiary/aromatic N) is 2. The van der Waals surface area contributed by atoms with Gasteiger partial charge in [-0.1, -0.05) is 48.5 Å². The highest BCUT2D eigenvalue weighted by Crippen LogP contribution is 2.48. The highest BCUT2D eigenvalue weighted by molar-refractivity contribution is 5.93. The first kappa shape index (κ1) is 25.7. The average molecular weight is 543 g/mol. The van der Waals surface area contributed by atoms with Gasteiger partial charge >= 0.3 is 0 Å². The fourth-order valence-corrected chi connectivity index (χ4v) is 6.75. The standard InChI is InChI=1S/C35H34N4O2/c40-21-32-26-10-11-27(18-26)34(32)36-20-23-6-8-24(9-7-23)25-12-17-33-31(19-25)35(38-22-37-33)39-28-13-15-30(16-14-28)41-29-4-2-1-3-5-29/h1-9,12-17,19,22,26-27,32,34,36,40H,10-11,18,20-21H2,(H,37,38,39). The normalized spacial score (nSPS) is 21.3. The van der Waals surface area contributed by atoms with E-state index in [-0.39, 0.29) is 0 Å². The summed E-state index contributed by atoms with van der Waals surface area (Å²) in [6.45, 7) is 1.13. The number of rotatable bonds is 9. The molecule has 4 atom stereocenters. The third-order valence-electron chi connectivity index (χ3n) is 8.86. The van der Waals surface area contributed by atoms with E-state index in [2.05, 4.69) is 57.0 Å². The van der Waals surface area contributed by atoms with Gasteiger partial charge in [0.1, 0.15) is 23.6 Å². The second-order valence-corrected chi connectivity index (χ2v) is 11.3. The van der Waals surface area contributed by atoms with Crippen LogP contribution in [0.25, 0.3) is 22.0 Å². The van der Waals surface area contributed by atoms with Gasteiger partial charge < -0.3 is 20.5 Å². The van der Waals surface area contributed by atoms with Gasteiger partial charge in [-0.05, 0) is 96.3 Å². The van der Waals surface area contributed by atoms with Gasteiger partial charge in [0.05, 0.1) is 5.52 Å². The highest BCUT2D eigenvalue weighted by Gasteiger charge is 2.46. The minimum atomic E-state index is 0.300. The molecule has 3 N–H and O–H groups in total. The second kappa shape index (κ2) is 11.3. The molecule has 2 bridgehead atoms. The van der Waals surface area contributed by atoms with Crippen LogP contribution >= 0.6 is 0 Å². The first-order valence-electron chi connectivity index (χ1n) is 14.5. The van der Waals surface area contributed by atoms with Gasteiger partial charge in [0.2, 0.25) is 0 Å². The van der Waals surface area contributed by atoms with E-state index >= 15 is 0 Å². The van der Waals surface area contributed by atoms with E-state index in [1.54, 1.807) is 6.33 Å². The third kappa shape index (κ3) is 5.41. The number of hydrogen-bond donors (Lipinski definition) is 3. The molecule has 4 unspecified atom stereocenters. The van der Waals surface area contributed by atoms with E-state index in [4.69, 9.17) is 4.74 Å². The summed E-state index contributed by atoms with van der Waals surface area (Å²) < 4.78 is 5.92. The predicted octanol–water partition coefficient (Wildman–Crippen LogP) is 7.33. The number of nitrogens with one attached hydrogen (secondary N) is 2. The Morgan fingerprint density at radius 3 is 2.34 bits per heavy atom. The van der Waals surface area contributed by atoms with Crippen LogP contribution < -0.4 is 15.4 Å². The predicted molar refractivity (Wildman–Crippen MR) is 163 cm³/mol. The molecule has 5 aromatic rings. The van der Waals surface area contributed by atoms with Crippen molar-refractivity contribution < 1.29 is 9.84 Å². The van der Waals surface area contributed by atoms with Crippen LogP contribution in [0.3, 0.4) is 0 Å². The van der Waals surface area contributed by atoms with Gasteiger partial charge in [-0.2, -0.15) is 0 Å². The second-order valence-electron chi connectivity index (χ2n) is 11.3. The van der Waals surface area contributed by atoms with Crippen LogP contribution in [-0.2, 0) is 6.54 Å². The Morgan fingerprint density at radius 1 is 0.780 bits per heavy atom. The molecule has 2 saturated carbocycles. The Balaban J connectivity index is 1.05. The number of benzene rings is 4. The zero-order valence-electron chi connectivity index (χ0n) is 22.9. The summed E-state index contributed by atoms with van der Waals surface area (Å²) in [5.41, 5.74) is 5.35. The summed E-state index contributed by atoms with van der Waals surface area (Å²) in [6.07, 6.45) is 5.45. The van der Waals surface area contributed by atoms with Crippen LogP contribution in [-0.4, -0.2) is 27.7 Å². The maximum atomic E-state index is 9.90. The summed E-state index contributed by atoms with van der Waals surface area (Å²) in [5.74, 6) is 4.19. The van der Waals surface area contributed by atoms with Crippen molar-refractivity contribution in [2.75, 3.05) is 11.9 Å². The van der Waals surface area contributed by atoms with Gasteiger partial charge in [-0.15, -0.1) is 0 Å². The molecule has 206 valence electrons. The molecule has 0 aliphatic heterocycles. The van der Waals surface area contributed by atoms with Gasteiger partial charge in [0.25, 0.3) is 0 Å². The summed E-state index contributed by atoms with van der Waals surface area (Å²) in [5, 5.41) is 18.1. The van der Waals surface area contributed by atoms with Gasteiger partial charge in [-0.3, -0.25) is 0 Å². The molecular weight excluding hydrogens is 508 g/mol. The average Bonchev–Trinajstić information content (AvgIpc) is 3.64. The molecule has 6 nitrogen and oxygen atoms in total. The minimum Gasteiger partial charge on any atom is -0.457 e. The number of ether oxygens (including phenoxy) is 1. The van der Waals surface area contributed by atoms with E-state index in [1.165, 1.54) is 24.8 Å². The Hall–Kier alpha value is -4.26. The van der Waals surface area contributed by atoms with Crippen LogP contribution in [0.15, 0.2) is 103 Å². The lowest BCUT2D eigenvalue weighted by atomic mass is 9.85. The van der Waals surface area contributed by atoms with E-state index in [0.29, 0.717) is 24.5 Å². The molecule has 4 aromatic carbocycles. The quantitative estimate of drug-likeness (QED) is 0.181. The van der Waals surface area contributed by atoms with E-state index in [1.807, 2.05) is 60.7 Å². The molecule has 0 amide bonds. The van der Waals surface area contributed by atoms with Crippen molar-refractivity contribution in [1.29, 1.82) is 0 Å². The summed E-state index contributed by atoms with van der Waals surface area (Å²) in [4.78, 5) is 9.04. The zero-order chi connectivity index (χ0) is 27.6. The first-order chi connectivity index (χ1) is 20.2. The van der Waals surface area contributed by atoms with Crippen LogP contribution in [0.2, 0.25) is 0 Å². The van der Waals surface area contributed by atoms with Gasteiger partial charge in [0, 0.05) is 36.2 Å². The van der Waals surface area contributed by atoms with Crippen molar-refractivity contribution in [1.82, 2.24) is 15.3 Å². The number of aliphatic hydroxyl groups excluding tert-OH is 1.